The molecule has 3 nitrogen and oxygen atoms in total. The van der Waals surface area contributed by atoms with Crippen LogP contribution < -0.4 is 0 Å². The quantitative estimate of drug-likeness (QED) is 0.724. The first kappa shape index (κ1) is 12.1. The average molecular weight is 274 g/mol. The maximum atomic E-state index is 11.3. The van der Waals surface area contributed by atoms with E-state index >= 15 is 0 Å². The molecule has 96 valence electrons. The minimum Gasteiger partial charge on any atom is -0.469 e. The maximum absolute atomic E-state index is 11.3. The van der Waals surface area contributed by atoms with Crippen molar-refractivity contribution in [3.8, 4) is 0 Å². The van der Waals surface area contributed by atoms with E-state index in [4.69, 9.17) is 11.6 Å². The second-order valence-electron chi connectivity index (χ2n) is 4.45. The molecule has 0 saturated carbocycles. The molecule has 0 fully saturated rings. The number of ether oxygens (including phenoxy) is 1. The summed E-state index contributed by atoms with van der Waals surface area (Å²) in [4.78, 5) is 14.6. The van der Waals surface area contributed by atoms with E-state index in [0.717, 1.165) is 27.4 Å². The van der Waals surface area contributed by atoms with Crippen molar-refractivity contribution < 1.29 is 9.53 Å². The number of hydrogen-bond donors (Lipinski definition) is 1. The highest BCUT2D eigenvalue weighted by molar-refractivity contribution is 6.31. The van der Waals surface area contributed by atoms with Crippen molar-refractivity contribution in [1.29, 1.82) is 0 Å². The van der Waals surface area contributed by atoms with Crippen molar-refractivity contribution >= 4 is 39.4 Å². The highest BCUT2D eigenvalue weighted by atomic mass is 35.5. The number of methoxy groups -OCH3 is 1. The number of halogens is 1. The van der Waals surface area contributed by atoms with E-state index in [2.05, 4.69) is 9.72 Å². The second-order valence-corrected chi connectivity index (χ2v) is 4.88. The van der Waals surface area contributed by atoms with Gasteiger partial charge in [0.25, 0.3) is 0 Å². The van der Waals surface area contributed by atoms with Gasteiger partial charge in [-0.2, -0.15) is 0 Å². The summed E-state index contributed by atoms with van der Waals surface area (Å²) in [5.41, 5.74) is 2.97. The number of fused-ring (bicyclic) bond motifs is 3. The highest BCUT2D eigenvalue weighted by Crippen LogP contribution is 2.28. The largest absolute Gasteiger partial charge is 0.469 e. The van der Waals surface area contributed by atoms with Crippen LogP contribution in [-0.4, -0.2) is 18.1 Å². The number of carbonyl (C=O) groups is 1. The lowest BCUT2D eigenvalue weighted by Gasteiger charge is -2.00. The standard InChI is InChI=1S/C15H12ClNO2/c1-19-15(18)7-9-2-5-13-12(6-9)11-4-3-10(16)8-14(11)17-13/h2-6,8,17H,7H2,1H3. The Kier molecular flexibility index (Phi) is 2.91. The Morgan fingerprint density at radius 1 is 1.16 bits per heavy atom. The van der Waals surface area contributed by atoms with Crippen molar-refractivity contribution in [3.63, 3.8) is 0 Å². The van der Waals surface area contributed by atoms with Gasteiger partial charge in [-0.25, -0.2) is 0 Å². The first-order valence-electron chi connectivity index (χ1n) is 5.94. The monoisotopic (exact) mass is 273 g/mol. The lowest BCUT2D eigenvalue weighted by molar-refractivity contribution is -0.139. The molecule has 0 aliphatic heterocycles. The number of H-pyrrole nitrogens is 1. The molecule has 1 N–H and O–H groups in total. The van der Waals surface area contributed by atoms with Gasteiger partial charge in [0, 0.05) is 26.8 Å². The van der Waals surface area contributed by atoms with Crippen LogP contribution in [0.25, 0.3) is 21.8 Å². The maximum Gasteiger partial charge on any atom is 0.309 e. The number of aromatic nitrogens is 1. The number of esters is 1. The van der Waals surface area contributed by atoms with Crippen molar-refractivity contribution in [1.82, 2.24) is 4.98 Å². The summed E-state index contributed by atoms with van der Waals surface area (Å²) in [7, 11) is 1.40. The number of carbonyl (C=O) groups excluding carboxylic acids is 1. The van der Waals surface area contributed by atoms with Gasteiger partial charge in [0.05, 0.1) is 13.5 Å². The van der Waals surface area contributed by atoms with E-state index in [-0.39, 0.29) is 12.4 Å². The number of nitrogens with one attached hydrogen (secondary N) is 1. The van der Waals surface area contributed by atoms with Crippen molar-refractivity contribution in [2.75, 3.05) is 7.11 Å². The number of aromatic amines is 1. The van der Waals surface area contributed by atoms with Crippen LogP contribution in [0, 0.1) is 0 Å². The molecule has 0 aliphatic carbocycles. The molecule has 1 heterocycles. The van der Waals surface area contributed by atoms with Gasteiger partial charge in [0.1, 0.15) is 0 Å². The smallest absolute Gasteiger partial charge is 0.309 e. The Morgan fingerprint density at radius 3 is 2.79 bits per heavy atom. The van der Waals surface area contributed by atoms with E-state index in [0.29, 0.717) is 5.02 Å². The minimum atomic E-state index is -0.234. The van der Waals surface area contributed by atoms with Crippen LogP contribution in [-0.2, 0) is 16.0 Å². The molecule has 1 aromatic heterocycles. The van der Waals surface area contributed by atoms with Crippen molar-refractivity contribution in [3.05, 3.63) is 47.0 Å². The van der Waals surface area contributed by atoms with Crippen molar-refractivity contribution in [2.45, 2.75) is 6.42 Å². The fourth-order valence-corrected chi connectivity index (χ4v) is 2.44. The van der Waals surface area contributed by atoms with E-state index < -0.39 is 0 Å². The summed E-state index contributed by atoms with van der Waals surface area (Å²) in [5.74, 6) is -0.234. The summed E-state index contributed by atoms with van der Waals surface area (Å²) >= 11 is 5.98. The zero-order valence-electron chi connectivity index (χ0n) is 10.4. The third-order valence-electron chi connectivity index (χ3n) is 3.20. The number of hydrogen-bond acceptors (Lipinski definition) is 2. The zero-order chi connectivity index (χ0) is 13.4. The average Bonchev–Trinajstić information content (AvgIpc) is 2.75. The Morgan fingerprint density at radius 2 is 2.00 bits per heavy atom. The lowest BCUT2D eigenvalue weighted by atomic mass is 10.1. The molecule has 0 amide bonds. The Hall–Kier alpha value is -2.00. The Bertz CT molecular complexity index is 776. The molecular formula is C15H12ClNO2. The van der Waals surface area contributed by atoms with Gasteiger partial charge in [0.2, 0.25) is 0 Å². The van der Waals surface area contributed by atoms with Crippen LogP contribution in [0.5, 0.6) is 0 Å². The Balaban J connectivity index is 2.16. The van der Waals surface area contributed by atoms with Gasteiger partial charge < -0.3 is 9.72 Å². The van der Waals surface area contributed by atoms with Gasteiger partial charge in [-0.05, 0) is 29.8 Å². The van der Waals surface area contributed by atoms with E-state index in [9.17, 15) is 4.79 Å². The normalized spacial score (nSPS) is 11.1. The summed E-state index contributed by atoms with van der Waals surface area (Å²) in [6.07, 6.45) is 0.284. The molecule has 3 rings (SSSR count). The second kappa shape index (κ2) is 4.59. The molecule has 0 atom stereocenters. The number of benzene rings is 2. The predicted molar refractivity (Wildman–Crippen MR) is 76.5 cm³/mol. The van der Waals surface area contributed by atoms with Gasteiger partial charge in [-0.15, -0.1) is 0 Å². The summed E-state index contributed by atoms with van der Waals surface area (Å²) in [6, 6.07) is 11.7. The molecule has 4 heteroatoms. The van der Waals surface area contributed by atoms with Crippen LogP contribution in [0.4, 0.5) is 0 Å². The third-order valence-corrected chi connectivity index (χ3v) is 3.44. The highest BCUT2D eigenvalue weighted by Gasteiger charge is 2.08. The number of rotatable bonds is 2. The molecule has 0 unspecified atom stereocenters. The molecule has 19 heavy (non-hydrogen) atoms. The van der Waals surface area contributed by atoms with E-state index in [1.807, 2.05) is 36.4 Å². The fraction of sp³-hybridized carbons (Fsp3) is 0.133. The summed E-state index contributed by atoms with van der Waals surface area (Å²) in [5, 5.41) is 2.90. The summed E-state index contributed by atoms with van der Waals surface area (Å²) < 4.78 is 4.69. The zero-order valence-corrected chi connectivity index (χ0v) is 11.1. The summed E-state index contributed by atoms with van der Waals surface area (Å²) in [6.45, 7) is 0. The molecular weight excluding hydrogens is 262 g/mol. The van der Waals surface area contributed by atoms with Gasteiger partial charge in [0.15, 0.2) is 0 Å². The fourth-order valence-electron chi connectivity index (χ4n) is 2.27. The Labute approximate surface area is 115 Å². The first-order valence-corrected chi connectivity index (χ1v) is 6.32. The third kappa shape index (κ3) is 2.17. The molecule has 0 aliphatic rings. The molecule has 0 radical (unpaired) electrons. The topological polar surface area (TPSA) is 42.1 Å². The molecule has 2 aromatic carbocycles. The van der Waals surface area contributed by atoms with Gasteiger partial charge >= 0.3 is 5.97 Å². The van der Waals surface area contributed by atoms with Crippen LogP contribution >= 0.6 is 11.6 Å². The lowest BCUT2D eigenvalue weighted by Crippen LogP contribution is -2.03. The van der Waals surface area contributed by atoms with Crippen LogP contribution in [0.2, 0.25) is 5.02 Å². The van der Waals surface area contributed by atoms with E-state index in [1.165, 1.54) is 7.11 Å². The van der Waals surface area contributed by atoms with Crippen LogP contribution in [0.3, 0.4) is 0 Å². The van der Waals surface area contributed by atoms with Gasteiger partial charge in [-0.3, -0.25) is 4.79 Å². The van der Waals surface area contributed by atoms with Gasteiger partial charge in [-0.1, -0.05) is 23.7 Å². The first-order chi connectivity index (χ1) is 9.17. The van der Waals surface area contributed by atoms with Crippen LogP contribution in [0.1, 0.15) is 5.56 Å². The van der Waals surface area contributed by atoms with Crippen molar-refractivity contribution in [2.24, 2.45) is 0 Å². The molecule has 0 bridgehead atoms. The van der Waals surface area contributed by atoms with E-state index in [1.54, 1.807) is 0 Å². The molecule has 0 saturated heterocycles. The molecule has 3 aromatic rings. The van der Waals surface area contributed by atoms with Crippen LogP contribution in [0.15, 0.2) is 36.4 Å². The minimum absolute atomic E-state index is 0.234. The predicted octanol–water partition coefficient (Wildman–Crippen LogP) is 3.69. The SMILES string of the molecule is COC(=O)Cc1ccc2[nH]c3cc(Cl)ccc3c2c1. The molecule has 0 spiro atoms.